The number of nitrogens with two attached hydrogens (primary N) is 1. The molecule has 0 aliphatic rings. The van der Waals surface area contributed by atoms with Gasteiger partial charge in [-0.2, -0.15) is 0 Å². The zero-order chi connectivity index (χ0) is 12.3. The second-order valence-corrected chi connectivity index (χ2v) is 3.70. The van der Waals surface area contributed by atoms with E-state index in [1.54, 1.807) is 13.0 Å². The molecule has 86 valence electrons. The molecule has 1 atom stereocenters. The van der Waals surface area contributed by atoms with E-state index in [1.807, 2.05) is 0 Å². The fourth-order valence-corrected chi connectivity index (χ4v) is 1.41. The second-order valence-electron chi connectivity index (χ2n) is 3.29. The molecule has 6 heteroatoms. The van der Waals surface area contributed by atoms with Gasteiger partial charge in [-0.1, -0.05) is 17.7 Å². The summed E-state index contributed by atoms with van der Waals surface area (Å²) in [5, 5.41) is 11.4. The maximum absolute atomic E-state index is 10.7. The first-order valence-corrected chi connectivity index (χ1v) is 4.88. The molecule has 0 aliphatic heterocycles. The predicted octanol–water partition coefficient (Wildman–Crippen LogP) is 2.02. The van der Waals surface area contributed by atoms with E-state index in [1.165, 1.54) is 12.1 Å². The van der Waals surface area contributed by atoms with E-state index in [9.17, 15) is 9.59 Å². The Kier molecular flexibility index (Phi) is 3.73. The number of hydrogen-bond donors (Lipinski definition) is 3. The molecule has 0 spiro atoms. The van der Waals surface area contributed by atoms with Gasteiger partial charge in [0.15, 0.2) is 0 Å². The number of carbonyl (C=O) groups excluding carboxylic acids is 1. The van der Waals surface area contributed by atoms with Crippen molar-refractivity contribution >= 4 is 29.3 Å². The van der Waals surface area contributed by atoms with E-state index in [0.29, 0.717) is 11.3 Å². The Morgan fingerprint density at radius 3 is 2.56 bits per heavy atom. The predicted molar refractivity (Wildman–Crippen MR) is 60.7 cm³/mol. The number of rotatable bonds is 3. The summed E-state index contributed by atoms with van der Waals surface area (Å²) in [6.45, 7) is 1.55. The quantitative estimate of drug-likeness (QED) is 0.757. The van der Waals surface area contributed by atoms with Crippen molar-refractivity contribution < 1.29 is 14.7 Å². The molecule has 2 amide bonds. The van der Waals surface area contributed by atoms with Crippen LogP contribution in [0.25, 0.3) is 0 Å². The number of urea groups is 1. The zero-order valence-electron chi connectivity index (χ0n) is 8.53. The number of benzene rings is 1. The molecule has 5 nitrogen and oxygen atoms in total. The van der Waals surface area contributed by atoms with E-state index in [-0.39, 0.29) is 5.02 Å². The summed E-state index contributed by atoms with van der Waals surface area (Å²) < 4.78 is 0. The summed E-state index contributed by atoms with van der Waals surface area (Å²) >= 11 is 5.86. The van der Waals surface area contributed by atoms with Gasteiger partial charge >= 0.3 is 12.0 Å². The average molecular weight is 243 g/mol. The van der Waals surface area contributed by atoms with Crippen LogP contribution in [0.15, 0.2) is 18.2 Å². The summed E-state index contributed by atoms with van der Waals surface area (Å²) in [7, 11) is 0. The average Bonchev–Trinajstić information content (AvgIpc) is 2.19. The lowest BCUT2D eigenvalue weighted by Crippen LogP contribution is -2.19. The van der Waals surface area contributed by atoms with Crippen molar-refractivity contribution in [2.24, 2.45) is 5.73 Å². The van der Waals surface area contributed by atoms with Crippen molar-refractivity contribution in [3.8, 4) is 0 Å². The Labute approximate surface area is 97.2 Å². The van der Waals surface area contributed by atoms with Gasteiger partial charge in [-0.05, 0) is 24.6 Å². The lowest BCUT2D eigenvalue weighted by molar-refractivity contribution is -0.138. The number of carboxylic acid groups (broad SMARTS) is 1. The molecule has 0 aliphatic carbocycles. The fourth-order valence-electron chi connectivity index (χ4n) is 1.18. The number of halogens is 1. The molecular formula is C10H11ClN2O3. The number of hydrogen-bond acceptors (Lipinski definition) is 2. The number of carbonyl (C=O) groups is 2. The molecule has 0 heterocycles. The highest BCUT2D eigenvalue weighted by Gasteiger charge is 2.15. The number of primary amides is 1. The topological polar surface area (TPSA) is 92.4 Å². The van der Waals surface area contributed by atoms with Gasteiger partial charge in [0, 0.05) is 0 Å². The van der Waals surface area contributed by atoms with Crippen LogP contribution in [0.2, 0.25) is 5.02 Å². The summed E-state index contributed by atoms with van der Waals surface area (Å²) in [5.41, 5.74) is 5.86. The number of carboxylic acids is 1. The lowest BCUT2D eigenvalue weighted by atomic mass is 10.0. The Morgan fingerprint density at radius 2 is 2.12 bits per heavy atom. The second kappa shape index (κ2) is 4.85. The van der Waals surface area contributed by atoms with Crippen molar-refractivity contribution in [1.29, 1.82) is 0 Å². The highest BCUT2D eigenvalue weighted by atomic mass is 35.5. The Hall–Kier alpha value is -1.75. The smallest absolute Gasteiger partial charge is 0.316 e. The number of anilines is 1. The SMILES string of the molecule is CC(C(=O)O)c1ccc(NC(N)=O)c(Cl)c1. The minimum atomic E-state index is -0.938. The van der Waals surface area contributed by atoms with Gasteiger partial charge in [0.25, 0.3) is 0 Å². The van der Waals surface area contributed by atoms with Gasteiger partial charge in [-0.25, -0.2) is 4.79 Å². The molecule has 0 radical (unpaired) electrons. The molecule has 4 N–H and O–H groups in total. The van der Waals surface area contributed by atoms with Gasteiger partial charge in [0.05, 0.1) is 16.6 Å². The first kappa shape index (κ1) is 12.3. The third kappa shape index (κ3) is 2.87. The Bertz CT molecular complexity index is 434. The minimum Gasteiger partial charge on any atom is -0.481 e. The van der Waals surface area contributed by atoms with Crippen LogP contribution in [0, 0.1) is 0 Å². The summed E-state index contributed by atoms with van der Waals surface area (Å²) in [6, 6.07) is 3.87. The molecule has 0 aromatic heterocycles. The molecule has 0 bridgehead atoms. The minimum absolute atomic E-state index is 0.254. The molecule has 1 unspecified atom stereocenters. The molecule has 0 fully saturated rings. The molecule has 0 saturated heterocycles. The van der Waals surface area contributed by atoms with Gasteiger partial charge < -0.3 is 16.2 Å². The monoisotopic (exact) mass is 242 g/mol. The van der Waals surface area contributed by atoms with Gasteiger partial charge in [0.2, 0.25) is 0 Å². The first-order valence-electron chi connectivity index (χ1n) is 4.50. The van der Waals surface area contributed by atoms with Crippen molar-refractivity contribution in [2.75, 3.05) is 5.32 Å². The lowest BCUT2D eigenvalue weighted by Gasteiger charge is -2.10. The Balaban J connectivity index is 2.99. The molecule has 1 rings (SSSR count). The van der Waals surface area contributed by atoms with Crippen molar-refractivity contribution in [3.63, 3.8) is 0 Å². The van der Waals surface area contributed by atoms with E-state index >= 15 is 0 Å². The molecule has 1 aromatic rings. The number of nitrogens with one attached hydrogen (secondary N) is 1. The fraction of sp³-hybridized carbons (Fsp3) is 0.200. The van der Waals surface area contributed by atoms with Crippen LogP contribution >= 0.6 is 11.6 Å². The van der Waals surface area contributed by atoms with E-state index in [0.717, 1.165) is 0 Å². The van der Waals surface area contributed by atoms with Crippen molar-refractivity contribution in [3.05, 3.63) is 28.8 Å². The highest BCUT2D eigenvalue weighted by molar-refractivity contribution is 6.33. The largest absolute Gasteiger partial charge is 0.481 e. The van der Waals surface area contributed by atoms with Gasteiger partial charge in [-0.3, -0.25) is 4.79 Å². The van der Waals surface area contributed by atoms with Gasteiger partial charge in [0.1, 0.15) is 0 Å². The summed E-state index contributed by atoms with van der Waals surface area (Å²) in [5.74, 6) is -1.59. The van der Waals surface area contributed by atoms with E-state index in [2.05, 4.69) is 5.32 Å². The van der Waals surface area contributed by atoms with Crippen LogP contribution in [0.3, 0.4) is 0 Å². The van der Waals surface area contributed by atoms with Crippen LogP contribution in [-0.2, 0) is 4.79 Å². The molecule has 0 saturated carbocycles. The van der Waals surface area contributed by atoms with Gasteiger partial charge in [-0.15, -0.1) is 0 Å². The molecule has 16 heavy (non-hydrogen) atoms. The molecular weight excluding hydrogens is 232 g/mol. The van der Waals surface area contributed by atoms with Crippen LogP contribution in [0.5, 0.6) is 0 Å². The Morgan fingerprint density at radius 1 is 1.50 bits per heavy atom. The maximum Gasteiger partial charge on any atom is 0.316 e. The zero-order valence-corrected chi connectivity index (χ0v) is 9.28. The number of amides is 2. The molecule has 1 aromatic carbocycles. The van der Waals surface area contributed by atoms with Crippen LogP contribution < -0.4 is 11.1 Å². The third-order valence-corrected chi connectivity index (χ3v) is 2.43. The summed E-state index contributed by atoms with van der Waals surface area (Å²) in [6.07, 6.45) is 0. The first-order chi connectivity index (χ1) is 7.41. The van der Waals surface area contributed by atoms with Crippen LogP contribution in [-0.4, -0.2) is 17.1 Å². The standard InChI is InChI=1S/C10H11ClN2O3/c1-5(9(14)15)6-2-3-8(7(11)4-6)13-10(12)16/h2-5H,1H3,(H,14,15)(H3,12,13,16). The summed E-state index contributed by atoms with van der Waals surface area (Å²) in [4.78, 5) is 21.3. The van der Waals surface area contributed by atoms with E-state index in [4.69, 9.17) is 22.4 Å². The van der Waals surface area contributed by atoms with E-state index < -0.39 is 17.9 Å². The number of aliphatic carboxylic acids is 1. The third-order valence-electron chi connectivity index (χ3n) is 2.12. The normalized spacial score (nSPS) is 11.9. The van der Waals surface area contributed by atoms with Crippen molar-refractivity contribution in [2.45, 2.75) is 12.8 Å². The highest BCUT2D eigenvalue weighted by Crippen LogP contribution is 2.26. The van der Waals surface area contributed by atoms with Crippen LogP contribution in [0.4, 0.5) is 10.5 Å². The maximum atomic E-state index is 10.7. The van der Waals surface area contributed by atoms with Crippen molar-refractivity contribution in [1.82, 2.24) is 0 Å². The van der Waals surface area contributed by atoms with Crippen LogP contribution in [0.1, 0.15) is 18.4 Å².